The normalized spacial score (nSPS) is 17.9. The van der Waals surface area contributed by atoms with Gasteiger partial charge in [0.2, 0.25) is 11.8 Å². The van der Waals surface area contributed by atoms with Gasteiger partial charge in [0.25, 0.3) is 0 Å². The van der Waals surface area contributed by atoms with Gasteiger partial charge in [-0.15, -0.1) is 0 Å². The molecular formula is C9H16N2O2S. The molecule has 0 unspecified atom stereocenters. The second-order valence-electron chi connectivity index (χ2n) is 3.35. The van der Waals surface area contributed by atoms with E-state index in [-0.39, 0.29) is 24.9 Å². The number of amides is 2. The van der Waals surface area contributed by atoms with Crippen molar-refractivity contribution in [1.29, 1.82) is 0 Å². The summed E-state index contributed by atoms with van der Waals surface area (Å²) in [7, 11) is 0. The van der Waals surface area contributed by atoms with Crippen LogP contribution in [0.15, 0.2) is 0 Å². The predicted molar refractivity (Wildman–Crippen MR) is 57.3 cm³/mol. The van der Waals surface area contributed by atoms with Gasteiger partial charge in [-0.2, -0.15) is 12.6 Å². The third-order valence-electron chi connectivity index (χ3n) is 2.22. The Kier molecular flexibility index (Phi) is 4.25. The van der Waals surface area contributed by atoms with Crippen molar-refractivity contribution in [2.45, 2.75) is 13.3 Å². The van der Waals surface area contributed by atoms with Crippen LogP contribution < -0.4 is 0 Å². The zero-order valence-corrected chi connectivity index (χ0v) is 9.30. The molecule has 2 amide bonds. The van der Waals surface area contributed by atoms with E-state index in [9.17, 15) is 9.59 Å². The number of hydrogen-bond acceptors (Lipinski definition) is 3. The van der Waals surface area contributed by atoms with E-state index in [2.05, 4.69) is 12.6 Å². The van der Waals surface area contributed by atoms with Gasteiger partial charge in [0.05, 0.1) is 13.1 Å². The fourth-order valence-corrected chi connectivity index (χ4v) is 1.74. The number of rotatable bonds is 4. The summed E-state index contributed by atoms with van der Waals surface area (Å²) in [4.78, 5) is 26.2. The van der Waals surface area contributed by atoms with Crippen molar-refractivity contribution in [3.63, 3.8) is 0 Å². The van der Waals surface area contributed by atoms with E-state index in [1.807, 2.05) is 6.92 Å². The lowest BCUT2D eigenvalue weighted by atomic mass is 10.3. The fraction of sp³-hybridized carbons (Fsp3) is 0.778. The second-order valence-corrected chi connectivity index (χ2v) is 3.80. The predicted octanol–water partition coefficient (Wildman–Crippen LogP) is -0.00300. The molecule has 0 saturated carbocycles. The first-order valence-electron chi connectivity index (χ1n) is 4.85. The van der Waals surface area contributed by atoms with Gasteiger partial charge in [0.15, 0.2) is 0 Å². The molecule has 4 nitrogen and oxygen atoms in total. The van der Waals surface area contributed by atoms with E-state index in [1.54, 1.807) is 9.80 Å². The largest absolute Gasteiger partial charge is 0.332 e. The average molecular weight is 216 g/mol. The van der Waals surface area contributed by atoms with Crippen molar-refractivity contribution >= 4 is 24.4 Å². The van der Waals surface area contributed by atoms with E-state index in [1.165, 1.54) is 0 Å². The Balaban J connectivity index is 2.53. The molecule has 80 valence electrons. The summed E-state index contributed by atoms with van der Waals surface area (Å²) in [5.74, 6) is 0.688. The van der Waals surface area contributed by atoms with Gasteiger partial charge in [0, 0.05) is 18.8 Å². The fourth-order valence-electron chi connectivity index (χ4n) is 1.50. The van der Waals surface area contributed by atoms with Crippen LogP contribution >= 0.6 is 12.6 Å². The summed E-state index contributed by atoms with van der Waals surface area (Å²) in [6, 6.07) is 0. The van der Waals surface area contributed by atoms with Crippen molar-refractivity contribution in [3.8, 4) is 0 Å². The first kappa shape index (κ1) is 11.4. The molecule has 1 rings (SSSR count). The first-order valence-corrected chi connectivity index (χ1v) is 5.48. The third-order valence-corrected chi connectivity index (χ3v) is 2.42. The van der Waals surface area contributed by atoms with Crippen LogP contribution in [0.4, 0.5) is 0 Å². The molecule has 1 heterocycles. The van der Waals surface area contributed by atoms with Crippen LogP contribution in [0, 0.1) is 0 Å². The standard InChI is InChI=1S/C9H16N2O2S/c1-2-3-10-6-9(13)11(4-5-14)7-8(10)12/h14H,2-7H2,1H3. The van der Waals surface area contributed by atoms with Crippen molar-refractivity contribution < 1.29 is 9.59 Å². The highest BCUT2D eigenvalue weighted by Crippen LogP contribution is 2.05. The van der Waals surface area contributed by atoms with Gasteiger partial charge in [0.1, 0.15) is 0 Å². The Bertz CT molecular complexity index is 209. The summed E-state index contributed by atoms with van der Waals surface area (Å²) >= 11 is 4.05. The van der Waals surface area contributed by atoms with Gasteiger partial charge >= 0.3 is 0 Å². The molecule has 0 radical (unpaired) electrons. The molecular weight excluding hydrogens is 200 g/mol. The third kappa shape index (κ3) is 2.64. The highest BCUT2D eigenvalue weighted by Gasteiger charge is 2.28. The van der Waals surface area contributed by atoms with Crippen LogP contribution in [0.3, 0.4) is 0 Å². The van der Waals surface area contributed by atoms with Crippen LogP contribution in [0.2, 0.25) is 0 Å². The lowest BCUT2D eigenvalue weighted by Crippen LogP contribution is -2.54. The Hall–Kier alpha value is -0.710. The summed E-state index contributed by atoms with van der Waals surface area (Å²) in [6.45, 7) is 3.70. The molecule has 0 aliphatic carbocycles. The molecule has 14 heavy (non-hydrogen) atoms. The minimum atomic E-state index is 0.0344. The molecule has 1 aliphatic rings. The highest BCUT2D eigenvalue weighted by molar-refractivity contribution is 7.80. The van der Waals surface area contributed by atoms with Crippen molar-refractivity contribution in [2.24, 2.45) is 0 Å². The molecule has 1 fully saturated rings. The van der Waals surface area contributed by atoms with Gasteiger partial charge in [-0.1, -0.05) is 6.92 Å². The zero-order valence-electron chi connectivity index (χ0n) is 8.40. The maximum Gasteiger partial charge on any atom is 0.242 e. The monoisotopic (exact) mass is 216 g/mol. The minimum Gasteiger partial charge on any atom is -0.332 e. The van der Waals surface area contributed by atoms with Gasteiger partial charge in [-0.3, -0.25) is 9.59 Å². The van der Waals surface area contributed by atoms with E-state index < -0.39 is 0 Å². The van der Waals surface area contributed by atoms with Crippen LogP contribution in [-0.2, 0) is 9.59 Å². The van der Waals surface area contributed by atoms with Crippen molar-refractivity contribution in [2.75, 3.05) is 31.9 Å². The first-order chi connectivity index (χ1) is 6.69. The van der Waals surface area contributed by atoms with Gasteiger partial charge in [-0.25, -0.2) is 0 Å². The average Bonchev–Trinajstić information content (AvgIpc) is 2.14. The van der Waals surface area contributed by atoms with Crippen LogP contribution in [0.5, 0.6) is 0 Å². The van der Waals surface area contributed by atoms with Crippen molar-refractivity contribution in [3.05, 3.63) is 0 Å². The number of nitrogens with zero attached hydrogens (tertiary/aromatic N) is 2. The molecule has 0 atom stereocenters. The van der Waals surface area contributed by atoms with Crippen LogP contribution in [0.1, 0.15) is 13.3 Å². The number of thiol groups is 1. The Morgan fingerprint density at radius 3 is 2.07 bits per heavy atom. The molecule has 1 aliphatic heterocycles. The summed E-state index contributed by atoms with van der Waals surface area (Å²) in [6.07, 6.45) is 0.894. The van der Waals surface area contributed by atoms with Crippen LogP contribution in [-0.4, -0.2) is 53.5 Å². The number of carbonyl (C=O) groups excluding carboxylic acids is 2. The SMILES string of the molecule is CCCN1CC(=O)N(CCS)CC1=O. The molecule has 0 aromatic rings. The highest BCUT2D eigenvalue weighted by atomic mass is 32.1. The van der Waals surface area contributed by atoms with E-state index >= 15 is 0 Å². The van der Waals surface area contributed by atoms with Gasteiger partial charge < -0.3 is 9.80 Å². The molecule has 0 spiro atoms. The van der Waals surface area contributed by atoms with Gasteiger partial charge in [-0.05, 0) is 6.42 Å². The molecule has 5 heteroatoms. The quantitative estimate of drug-likeness (QED) is 0.672. The maximum atomic E-state index is 11.5. The number of piperazine rings is 1. The molecule has 0 aromatic heterocycles. The van der Waals surface area contributed by atoms with E-state index in [0.29, 0.717) is 18.8 Å². The number of hydrogen-bond donors (Lipinski definition) is 1. The second kappa shape index (κ2) is 5.24. The topological polar surface area (TPSA) is 40.6 Å². The van der Waals surface area contributed by atoms with E-state index in [0.717, 1.165) is 6.42 Å². The molecule has 0 aromatic carbocycles. The zero-order chi connectivity index (χ0) is 10.6. The molecule has 0 bridgehead atoms. The van der Waals surface area contributed by atoms with Crippen molar-refractivity contribution in [1.82, 2.24) is 9.80 Å². The van der Waals surface area contributed by atoms with Crippen LogP contribution in [0.25, 0.3) is 0 Å². The smallest absolute Gasteiger partial charge is 0.242 e. The molecule has 1 saturated heterocycles. The van der Waals surface area contributed by atoms with E-state index in [4.69, 9.17) is 0 Å². The lowest BCUT2D eigenvalue weighted by molar-refractivity contribution is -0.149. The Labute approximate surface area is 89.7 Å². The molecule has 0 N–H and O–H groups in total. The number of carbonyl (C=O) groups is 2. The summed E-state index contributed by atoms with van der Waals surface area (Å²) in [5.41, 5.74) is 0. The Morgan fingerprint density at radius 1 is 1.14 bits per heavy atom. The maximum absolute atomic E-state index is 11.5. The lowest BCUT2D eigenvalue weighted by Gasteiger charge is -2.33. The summed E-state index contributed by atoms with van der Waals surface area (Å²) < 4.78 is 0. The summed E-state index contributed by atoms with van der Waals surface area (Å²) in [5, 5.41) is 0. The Morgan fingerprint density at radius 2 is 1.64 bits per heavy atom. The minimum absolute atomic E-state index is 0.0344.